The predicted octanol–water partition coefficient (Wildman–Crippen LogP) is 2.99. The summed E-state index contributed by atoms with van der Waals surface area (Å²) < 4.78 is 0. The van der Waals surface area contributed by atoms with Gasteiger partial charge in [-0.1, -0.05) is 6.92 Å². The second kappa shape index (κ2) is 8.59. The van der Waals surface area contributed by atoms with E-state index in [-0.39, 0.29) is 6.17 Å². The zero-order valence-corrected chi connectivity index (χ0v) is 18.4. The maximum Gasteiger partial charge on any atom is 0.222 e. The molecule has 0 radical (unpaired) electrons. The highest BCUT2D eigenvalue weighted by Crippen LogP contribution is 2.36. The van der Waals surface area contributed by atoms with E-state index < -0.39 is 0 Å². The third-order valence-corrected chi connectivity index (χ3v) is 6.92. The molecule has 8 heteroatoms. The summed E-state index contributed by atoms with van der Waals surface area (Å²) in [5.41, 5.74) is 7.45. The minimum absolute atomic E-state index is 0.138. The van der Waals surface area contributed by atoms with Crippen LogP contribution in [0.25, 0.3) is 10.9 Å². The minimum atomic E-state index is 0.138. The van der Waals surface area contributed by atoms with Crippen LogP contribution >= 0.6 is 0 Å². The molecular formula is C23H33N7O. The summed E-state index contributed by atoms with van der Waals surface area (Å²) in [6.45, 7) is 4.13. The highest BCUT2D eigenvalue weighted by molar-refractivity contribution is 5.91. The topological polar surface area (TPSA) is 94.2 Å². The van der Waals surface area contributed by atoms with Gasteiger partial charge in [-0.2, -0.15) is 0 Å². The molecule has 8 nitrogen and oxygen atoms in total. The lowest BCUT2D eigenvalue weighted by molar-refractivity contribution is -0.140. The first kappa shape index (κ1) is 20.5. The molecule has 3 fully saturated rings. The van der Waals surface area contributed by atoms with Crippen molar-refractivity contribution < 1.29 is 4.79 Å². The van der Waals surface area contributed by atoms with Crippen LogP contribution in [0.5, 0.6) is 0 Å². The van der Waals surface area contributed by atoms with Gasteiger partial charge in [0, 0.05) is 48.2 Å². The highest BCUT2D eigenvalue weighted by Gasteiger charge is 2.40. The van der Waals surface area contributed by atoms with E-state index in [4.69, 9.17) is 4.98 Å². The molecule has 166 valence electrons. The molecule has 0 aromatic carbocycles. The standard InChI is InChI=1S/C23H33N7O/c1-3-22(31)30-16-6-4-7-17(30)12-15(11-16)25-23-18-8-5-9-24-19(18)13-20(27-23)26-21-10-14(2)28-29-21/h5,8-9,13-17,21,28-29H,3-4,6-7,10-12H2,1-2H3,(H2,25,26,27)/t14?,15?,16-,17+,21?. The number of nitrogens with one attached hydrogen (secondary N) is 4. The van der Waals surface area contributed by atoms with Crippen molar-refractivity contribution in [2.75, 3.05) is 10.6 Å². The van der Waals surface area contributed by atoms with Crippen LogP contribution in [-0.2, 0) is 4.79 Å². The number of hydrogen-bond acceptors (Lipinski definition) is 7. The molecule has 5 atom stereocenters. The summed E-state index contributed by atoms with van der Waals surface area (Å²) in [4.78, 5) is 24.2. The second-order valence-corrected chi connectivity index (χ2v) is 9.25. The van der Waals surface area contributed by atoms with Gasteiger partial charge < -0.3 is 15.5 Å². The van der Waals surface area contributed by atoms with Gasteiger partial charge in [0.2, 0.25) is 5.91 Å². The number of carbonyl (C=O) groups excluding carboxylic acids is 1. The lowest BCUT2D eigenvalue weighted by Crippen LogP contribution is -2.57. The number of fused-ring (bicyclic) bond motifs is 3. The van der Waals surface area contributed by atoms with E-state index in [9.17, 15) is 4.79 Å². The number of rotatable bonds is 5. The molecule has 2 bridgehead atoms. The fourth-order valence-corrected chi connectivity index (χ4v) is 5.53. The number of anilines is 2. The van der Waals surface area contributed by atoms with Crippen LogP contribution in [0.1, 0.15) is 58.8 Å². The second-order valence-electron chi connectivity index (χ2n) is 9.25. The predicted molar refractivity (Wildman–Crippen MR) is 123 cm³/mol. The Kier molecular flexibility index (Phi) is 5.67. The van der Waals surface area contributed by atoms with Crippen LogP contribution in [0.2, 0.25) is 0 Å². The van der Waals surface area contributed by atoms with E-state index in [2.05, 4.69) is 44.4 Å². The van der Waals surface area contributed by atoms with Crippen LogP contribution in [0.3, 0.4) is 0 Å². The van der Waals surface area contributed by atoms with Crippen LogP contribution in [0.15, 0.2) is 24.4 Å². The van der Waals surface area contributed by atoms with Crippen molar-refractivity contribution in [2.24, 2.45) is 0 Å². The molecule has 5 heterocycles. The van der Waals surface area contributed by atoms with E-state index in [1.54, 1.807) is 0 Å². The van der Waals surface area contributed by atoms with Crippen molar-refractivity contribution in [1.29, 1.82) is 0 Å². The summed E-state index contributed by atoms with van der Waals surface area (Å²) in [6, 6.07) is 7.48. The summed E-state index contributed by atoms with van der Waals surface area (Å²) in [7, 11) is 0. The van der Waals surface area contributed by atoms with Gasteiger partial charge in [-0.25, -0.2) is 10.4 Å². The van der Waals surface area contributed by atoms with E-state index >= 15 is 0 Å². The molecule has 1 amide bonds. The number of carbonyl (C=O) groups is 1. The molecule has 0 saturated carbocycles. The Bertz CT molecular complexity index is 937. The minimum Gasteiger partial charge on any atom is -0.367 e. The van der Waals surface area contributed by atoms with Gasteiger partial charge in [0.15, 0.2) is 0 Å². The summed E-state index contributed by atoms with van der Waals surface area (Å²) in [6.07, 6.45) is 8.94. The molecule has 3 aliphatic rings. The highest BCUT2D eigenvalue weighted by atomic mass is 16.2. The summed E-state index contributed by atoms with van der Waals surface area (Å²) in [5, 5.41) is 8.27. The third kappa shape index (κ3) is 4.19. The number of nitrogens with zero attached hydrogens (tertiary/aromatic N) is 3. The van der Waals surface area contributed by atoms with Crippen molar-refractivity contribution in [1.82, 2.24) is 25.7 Å². The van der Waals surface area contributed by atoms with Crippen LogP contribution in [-0.4, -0.2) is 51.1 Å². The largest absolute Gasteiger partial charge is 0.367 e. The van der Waals surface area contributed by atoms with Crippen molar-refractivity contribution in [2.45, 2.75) is 89.1 Å². The maximum atomic E-state index is 12.5. The number of hydrazine groups is 1. The average Bonchev–Trinajstić information content (AvgIpc) is 3.17. The van der Waals surface area contributed by atoms with E-state index in [1.807, 2.05) is 25.3 Å². The van der Waals surface area contributed by atoms with E-state index in [0.717, 1.165) is 54.6 Å². The Balaban J connectivity index is 1.38. The van der Waals surface area contributed by atoms with Gasteiger partial charge in [0.1, 0.15) is 11.6 Å². The van der Waals surface area contributed by atoms with Crippen LogP contribution < -0.4 is 21.5 Å². The number of piperidine rings is 2. The van der Waals surface area contributed by atoms with E-state index in [0.29, 0.717) is 36.5 Å². The zero-order valence-electron chi connectivity index (χ0n) is 18.4. The Morgan fingerprint density at radius 3 is 2.71 bits per heavy atom. The molecule has 5 rings (SSSR count). The van der Waals surface area contributed by atoms with Gasteiger partial charge >= 0.3 is 0 Å². The van der Waals surface area contributed by atoms with Gasteiger partial charge in [-0.15, -0.1) is 0 Å². The molecule has 0 aliphatic carbocycles. The number of pyridine rings is 2. The molecule has 3 unspecified atom stereocenters. The molecule has 3 saturated heterocycles. The first-order chi connectivity index (χ1) is 15.1. The molecule has 2 aromatic heterocycles. The monoisotopic (exact) mass is 423 g/mol. The van der Waals surface area contributed by atoms with Gasteiger partial charge in [0.25, 0.3) is 0 Å². The van der Waals surface area contributed by atoms with Crippen LogP contribution in [0, 0.1) is 0 Å². The van der Waals surface area contributed by atoms with Crippen molar-refractivity contribution in [3.8, 4) is 0 Å². The Labute approximate surface area is 183 Å². The Hall–Kier alpha value is -2.45. The van der Waals surface area contributed by atoms with Gasteiger partial charge in [-0.05, 0) is 57.6 Å². The van der Waals surface area contributed by atoms with Crippen molar-refractivity contribution in [3.05, 3.63) is 24.4 Å². The van der Waals surface area contributed by atoms with E-state index in [1.165, 1.54) is 6.42 Å². The molecular weight excluding hydrogens is 390 g/mol. The lowest BCUT2D eigenvalue weighted by atomic mass is 9.81. The summed E-state index contributed by atoms with van der Waals surface area (Å²) >= 11 is 0. The Morgan fingerprint density at radius 2 is 2.00 bits per heavy atom. The molecule has 2 aromatic rings. The number of aromatic nitrogens is 2. The van der Waals surface area contributed by atoms with Gasteiger partial charge in [-0.3, -0.25) is 15.2 Å². The average molecular weight is 424 g/mol. The summed E-state index contributed by atoms with van der Waals surface area (Å²) in [5.74, 6) is 2.00. The quantitative estimate of drug-likeness (QED) is 0.587. The first-order valence-electron chi connectivity index (χ1n) is 11.7. The van der Waals surface area contributed by atoms with Crippen LogP contribution in [0.4, 0.5) is 11.6 Å². The fourth-order valence-electron chi connectivity index (χ4n) is 5.53. The maximum absolute atomic E-state index is 12.5. The molecule has 3 aliphatic heterocycles. The lowest BCUT2D eigenvalue weighted by Gasteiger charge is -2.49. The number of hydrogen-bond donors (Lipinski definition) is 4. The SMILES string of the molecule is CCC(=O)N1[C@@H]2CCC[C@H]1CC(Nc1nc(NC3CC(C)NN3)cc3ncccc13)C2. The Morgan fingerprint density at radius 1 is 1.19 bits per heavy atom. The fraction of sp³-hybridized carbons (Fsp3) is 0.609. The van der Waals surface area contributed by atoms with Gasteiger partial charge in [0.05, 0.1) is 11.7 Å². The number of amides is 1. The smallest absolute Gasteiger partial charge is 0.222 e. The first-order valence-corrected chi connectivity index (χ1v) is 11.7. The zero-order chi connectivity index (χ0) is 21.4. The molecule has 31 heavy (non-hydrogen) atoms. The van der Waals surface area contributed by atoms with Crippen molar-refractivity contribution >= 4 is 28.4 Å². The molecule has 0 spiro atoms. The molecule has 4 N–H and O–H groups in total. The van der Waals surface area contributed by atoms with Crippen molar-refractivity contribution in [3.63, 3.8) is 0 Å². The third-order valence-electron chi connectivity index (χ3n) is 6.92. The normalized spacial score (nSPS) is 30.4.